The zero-order valence-corrected chi connectivity index (χ0v) is 19.2. The second-order valence-electron chi connectivity index (χ2n) is 7.92. The molecule has 9 heteroatoms. The van der Waals surface area contributed by atoms with Gasteiger partial charge in [-0.15, -0.1) is 0 Å². The van der Waals surface area contributed by atoms with Gasteiger partial charge in [0.1, 0.15) is 5.82 Å². The van der Waals surface area contributed by atoms with Crippen molar-refractivity contribution < 1.29 is 4.79 Å². The molecule has 3 heterocycles. The van der Waals surface area contributed by atoms with Gasteiger partial charge in [0.2, 0.25) is 11.0 Å². The Balaban J connectivity index is 1.17. The Hall–Kier alpha value is -2.68. The number of nitrogens with zero attached hydrogens (tertiary/aromatic N) is 6. The standard InChI is InChI=1S/C22H31N7OS/c1-3-19-25-22(31-26-19)28-13-11-27(12-14-28)21(23-2)24-10-6-9-20(30)29-15-17-7-4-5-8-18(17)16-29/h4-5,7-8H,3,6,9-16H2,1-2H3,(H,23,24). The van der Waals surface area contributed by atoms with Gasteiger partial charge in [-0.3, -0.25) is 9.79 Å². The number of hydrogen-bond acceptors (Lipinski definition) is 6. The molecule has 8 nitrogen and oxygen atoms in total. The summed E-state index contributed by atoms with van der Waals surface area (Å²) in [6.07, 6.45) is 2.23. The number of anilines is 1. The highest BCUT2D eigenvalue weighted by molar-refractivity contribution is 7.09. The molecule has 2 aliphatic rings. The van der Waals surface area contributed by atoms with Gasteiger partial charge < -0.3 is 20.0 Å². The summed E-state index contributed by atoms with van der Waals surface area (Å²) in [5.74, 6) is 2.06. The van der Waals surface area contributed by atoms with Gasteiger partial charge in [-0.1, -0.05) is 31.2 Å². The topological polar surface area (TPSA) is 77.0 Å². The molecule has 0 saturated carbocycles. The van der Waals surface area contributed by atoms with Crippen molar-refractivity contribution in [2.75, 3.05) is 44.7 Å². The maximum Gasteiger partial charge on any atom is 0.223 e. The fraction of sp³-hybridized carbons (Fsp3) is 0.545. The van der Waals surface area contributed by atoms with Gasteiger partial charge in [0, 0.05) is 77.2 Å². The van der Waals surface area contributed by atoms with Crippen LogP contribution in [0.15, 0.2) is 29.3 Å². The van der Waals surface area contributed by atoms with Crippen LogP contribution in [0.25, 0.3) is 0 Å². The van der Waals surface area contributed by atoms with Gasteiger partial charge in [0.15, 0.2) is 5.96 Å². The number of fused-ring (bicyclic) bond motifs is 1. The van der Waals surface area contributed by atoms with Crippen LogP contribution in [0.5, 0.6) is 0 Å². The number of carbonyl (C=O) groups is 1. The molecule has 1 fully saturated rings. The first kappa shape index (κ1) is 21.5. The van der Waals surface area contributed by atoms with Gasteiger partial charge in [0.05, 0.1) is 0 Å². The number of carbonyl (C=O) groups excluding carboxylic acids is 1. The second-order valence-corrected chi connectivity index (χ2v) is 8.65. The molecule has 0 aliphatic carbocycles. The van der Waals surface area contributed by atoms with Crippen LogP contribution >= 0.6 is 11.5 Å². The largest absolute Gasteiger partial charge is 0.356 e. The summed E-state index contributed by atoms with van der Waals surface area (Å²) in [7, 11) is 1.82. The van der Waals surface area contributed by atoms with E-state index in [0.717, 1.165) is 75.6 Å². The molecule has 0 spiro atoms. The number of hydrogen-bond donors (Lipinski definition) is 1. The van der Waals surface area contributed by atoms with Gasteiger partial charge in [-0.2, -0.15) is 4.37 Å². The zero-order valence-electron chi connectivity index (χ0n) is 18.4. The first-order valence-corrected chi connectivity index (χ1v) is 11.8. The lowest BCUT2D eigenvalue weighted by molar-refractivity contribution is -0.131. The molecule has 0 bridgehead atoms. The summed E-state index contributed by atoms with van der Waals surface area (Å²) in [5, 5.41) is 4.45. The first-order chi connectivity index (χ1) is 15.2. The van der Waals surface area contributed by atoms with Crippen molar-refractivity contribution in [1.82, 2.24) is 24.5 Å². The Kier molecular flexibility index (Phi) is 7.01. The number of rotatable bonds is 6. The Labute approximate surface area is 188 Å². The summed E-state index contributed by atoms with van der Waals surface area (Å²) < 4.78 is 4.39. The molecule has 2 aliphatic heterocycles. The van der Waals surface area contributed by atoms with Crippen molar-refractivity contribution in [3.8, 4) is 0 Å². The van der Waals surface area contributed by atoms with Crippen LogP contribution in [0.1, 0.15) is 36.7 Å². The van der Waals surface area contributed by atoms with Crippen LogP contribution < -0.4 is 10.2 Å². The van der Waals surface area contributed by atoms with E-state index in [-0.39, 0.29) is 5.91 Å². The molecule has 0 atom stereocenters. The minimum absolute atomic E-state index is 0.227. The number of aryl methyl sites for hydroxylation is 1. The maximum atomic E-state index is 12.6. The summed E-state index contributed by atoms with van der Waals surface area (Å²) in [6.45, 7) is 7.91. The molecular weight excluding hydrogens is 410 g/mol. The van der Waals surface area contributed by atoms with E-state index in [9.17, 15) is 4.79 Å². The molecule has 31 heavy (non-hydrogen) atoms. The Morgan fingerprint density at radius 1 is 1.13 bits per heavy atom. The number of benzene rings is 1. The molecule has 1 saturated heterocycles. The van der Waals surface area contributed by atoms with Gasteiger partial charge in [-0.05, 0) is 17.5 Å². The molecule has 1 aromatic heterocycles. The molecule has 1 aromatic carbocycles. The molecule has 2 aromatic rings. The van der Waals surface area contributed by atoms with Gasteiger partial charge >= 0.3 is 0 Å². The summed E-state index contributed by atoms with van der Waals surface area (Å²) in [5.41, 5.74) is 2.54. The van der Waals surface area contributed by atoms with Gasteiger partial charge in [-0.25, -0.2) is 4.98 Å². The van der Waals surface area contributed by atoms with Crippen molar-refractivity contribution >= 4 is 28.5 Å². The van der Waals surface area contributed by atoms with E-state index >= 15 is 0 Å². The molecule has 1 amide bonds. The zero-order chi connectivity index (χ0) is 21.6. The molecule has 0 radical (unpaired) electrons. The predicted molar refractivity (Wildman–Crippen MR) is 124 cm³/mol. The van der Waals surface area contributed by atoms with Crippen LogP contribution in [0.4, 0.5) is 5.13 Å². The van der Waals surface area contributed by atoms with Crippen LogP contribution in [-0.2, 0) is 24.3 Å². The van der Waals surface area contributed by atoms with E-state index in [2.05, 4.69) is 48.5 Å². The normalized spacial score (nSPS) is 16.6. The van der Waals surface area contributed by atoms with E-state index < -0.39 is 0 Å². The van der Waals surface area contributed by atoms with Crippen molar-refractivity contribution in [3.63, 3.8) is 0 Å². The van der Waals surface area contributed by atoms with E-state index in [1.807, 2.05) is 24.1 Å². The van der Waals surface area contributed by atoms with Crippen molar-refractivity contribution in [2.24, 2.45) is 4.99 Å². The summed E-state index contributed by atoms with van der Waals surface area (Å²) in [4.78, 5) is 28.1. The highest BCUT2D eigenvalue weighted by Crippen LogP contribution is 2.23. The monoisotopic (exact) mass is 441 g/mol. The van der Waals surface area contributed by atoms with Crippen LogP contribution in [0.2, 0.25) is 0 Å². The maximum absolute atomic E-state index is 12.6. The van der Waals surface area contributed by atoms with Crippen LogP contribution in [-0.4, -0.2) is 70.8 Å². The lowest BCUT2D eigenvalue weighted by atomic mass is 10.1. The first-order valence-electron chi connectivity index (χ1n) is 11.1. The summed E-state index contributed by atoms with van der Waals surface area (Å²) in [6, 6.07) is 8.31. The fourth-order valence-electron chi connectivity index (χ4n) is 4.07. The number of piperazine rings is 1. The van der Waals surface area contributed by atoms with Crippen molar-refractivity contribution in [1.29, 1.82) is 0 Å². The number of nitrogens with one attached hydrogen (secondary N) is 1. The number of guanidine groups is 1. The van der Waals surface area contributed by atoms with Crippen molar-refractivity contribution in [3.05, 3.63) is 41.2 Å². The summed E-state index contributed by atoms with van der Waals surface area (Å²) >= 11 is 1.49. The van der Waals surface area contributed by atoms with Crippen LogP contribution in [0, 0.1) is 0 Å². The smallest absolute Gasteiger partial charge is 0.223 e. The number of aromatic nitrogens is 2. The lowest BCUT2D eigenvalue weighted by Gasteiger charge is -2.36. The third kappa shape index (κ3) is 5.15. The number of amides is 1. The van der Waals surface area contributed by atoms with Crippen LogP contribution in [0.3, 0.4) is 0 Å². The third-order valence-corrected chi connectivity index (χ3v) is 6.69. The predicted octanol–water partition coefficient (Wildman–Crippen LogP) is 2.12. The average molecular weight is 442 g/mol. The quantitative estimate of drug-likeness (QED) is 0.420. The van der Waals surface area contributed by atoms with E-state index in [1.165, 1.54) is 22.7 Å². The highest BCUT2D eigenvalue weighted by Gasteiger charge is 2.23. The third-order valence-electron chi connectivity index (χ3n) is 5.88. The Morgan fingerprint density at radius 3 is 2.45 bits per heavy atom. The lowest BCUT2D eigenvalue weighted by Crippen LogP contribution is -2.52. The van der Waals surface area contributed by atoms with Crippen molar-refractivity contribution in [2.45, 2.75) is 39.3 Å². The minimum Gasteiger partial charge on any atom is -0.356 e. The van der Waals surface area contributed by atoms with Gasteiger partial charge in [0.25, 0.3) is 0 Å². The molecule has 0 unspecified atom stereocenters. The Bertz CT molecular complexity index is 895. The fourth-order valence-corrected chi connectivity index (χ4v) is 4.87. The minimum atomic E-state index is 0.227. The molecule has 166 valence electrons. The number of aliphatic imine (C=N–C) groups is 1. The highest BCUT2D eigenvalue weighted by atomic mass is 32.1. The molecule has 1 N–H and O–H groups in total. The van der Waals surface area contributed by atoms with E-state index in [0.29, 0.717) is 6.42 Å². The average Bonchev–Trinajstić information content (AvgIpc) is 3.46. The second kappa shape index (κ2) is 10.1. The Morgan fingerprint density at radius 2 is 1.84 bits per heavy atom. The van der Waals surface area contributed by atoms with E-state index in [1.54, 1.807) is 0 Å². The SMILES string of the molecule is CCc1nsc(N2CCN(C(=NC)NCCCC(=O)N3Cc4ccccc4C3)CC2)n1. The molecule has 4 rings (SSSR count). The molecular formula is C22H31N7OS. The van der Waals surface area contributed by atoms with E-state index in [4.69, 9.17) is 0 Å².